The summed E-state index contributed by atoms with van der Waals surface area (Å²) in [6.45, 7) is 5.12. The zero-order chi connectivity index (χ0) is 10.6. The predicted octanol–water partition coefficient (Wildman–Crippen LogP) is 2.44. The van der Waals surface area contributed by atoms with E-state index in [9.17, 15) is 0 Å². The summed E-state index contributed by atoms with van der Waals surface area (Å²) in [7, 11) is 0. The van der Waals surface area contributed by atoms with Crippen LogP contribution in [0.5, 0.6) is 0 Å². The minimum Gasteiger partial charge on any atom is -0.309 e. The molecule has 1 heterocycles. The van der Waals surface area contributed by atoms with Gasteiger partial charge < -0.3 is 5.32 Å². The van der Waals surface area contributed by atoms with Crippen LogP contribution in [0.2, 0.25) is 4.34 Å². The van der Waals surface area contributed by atoms with Crippen LogP contribution in [0.25, 0.3) is 0 Å². The molecule has 0 aliphatic heterocycles. The van der Waals surface area contributed by atoms with Crippen LogP contribution in [0.4, 0.5) is 0 Å². The molecule has 0 atom stereocenters. The number of aromatic nitrogens is 1. The van der Waals surface area contributed by atoms with Gasteiger partial charge in [-0.3, -0.25) is 0 Å². The fraction of sp³-hybridized carbons (Fsp3) is 0.556. The molecule has 0 spiro atoms. The van der Waals surface area contributed by atoms with Crippen molar-refractivity contribution in [3.05, 3.63) is 15.5 Å². The van der Waals surface area contributed by atoms with Crippen molar-refractivity contribution in [1.29, 1.82) is 5.26 Å². The number of thiazole rings is 1. The minimum atomic E-state index is -0.332. The van der Waals surface area contributed by atoms with E-state index in [4.69, 9.17) is 16.9 Å². The lowest BCUT2D eigenvalue weighted by molar-refractivity contribution is 0.445. The van der Waals surface area contributed by atoms with Crippen molar-refractivity contribution in [1.82, 2.24) is 10.3 Å². The van der Waals surface area contributed by atoms with Crippen LogP contribution in [0.15, 0.2) is 6.20 Å². The van der Waals surface area contributed by atoms with Gasteiger partial charge in [-0.05, 0) is 13.8 Å². The van der Waals surface area contributed by atoms with E-state index in [1.54, 1.807) is 6.20 Å². The topological polar surface area (TPSA) is 48.7 Å². The average Bonchev–Trinajstić information content (AvgIpc) is 2.51. The SMILES string of the molecule is CC(C)(C#N)CNCc1ncc(Cl)s1. The van der Waals surface area contributed by atoms with Crippen molar-refractivity contribution in [2.45, 2.75) is 20.4 Å². The quantitative estimate of drug-likeness (QED) is 0.863. The van der Waals surface area contributed by atoms with Crippen LogP contribution < -0.4 is 5.32 Å². The molecule has 1 rings (SSSR count). The van der Waals surface area contributed by atoms with E-state index in [-0.39, 0.29) is 5.41 Å². The fourth-order valence-electron chi connectivity index (χ4n) is 0.891. The van der Waals surface area contributed by atoms with Gasteiger partial charge in [0, 0.05) is 13.1 Å². The zero-order valence-electron chi connectivity index (χ0n) is 8.17. The molecule has 0 aliphatic rings. The Morgan fingerprint density at radius 2 is 2.43 bits per heavy atom. The van der Waals surface area contributed by atoms with Gasteiger partial charge in [0.1, 0.15) is 9.34 Å². The number of hydrogen-bond acceptors (Lipinski definition) is 4. The number of nitrogens with zero attached hydrogens (tertiary/aromatic N) is 2. The van der Waals surface area contributed by atoms with E-state index < -0.39 is 0 Å². The number of halogens is 1. The second-order valence-corrected chi connectivity index (χ2v) is 5.40. The van der Waals surface area contributed by atoms with E-state index in [0.29, 0.717) is 17.4 Å². The number of nitriles is 1. The molecule has 0 radical (unpaired) electrons. The highest BCUT2D eigenvalue weighted by molar-refractivity contribution is 7.15. The lowest BCUT2D eigenvalue weighted by Gasteiger charge is -2.14. The van der Waals surface area contributed by atoms with Gasteiger partial charge >= 0.3 is 0 Å². The molecule has 0 aliphatic carbocycles. The van der Waals surface area contributed by atoms with Crippen molar-refractivity contribution in [3.63, 3.8) is 0 Å². The van der Waals surface area contributed by atoms with Gasteiger partial charge in [-0.25, -0.2) is 4.98 Å². The van der Waals surface area contributed by atoms with Crippen molar-refractivity contribution in [2.75, 3.05) is 6.54 Å². The Morgan fingerprint density at radius 1 is 1.71 bits per heavy atom. The Hall–Kier alpha value is -0.630. The van der Waals surface area contributed by atoms with Gasteiger partial charge in [-0.2, -0.15) is 5.26 Å². The summed E-state index contributed by atoms with van der Waals surface area (Å²) in [4.78, 5) is 4.10. The summed E-state index contributed by atoms with van der Waals surface area (Å²) in [5, 5.41) is 12.9. The highest BCUT2D eigenvalue weighted by Crippen LogP contribution is 2.18. The second kappa shape index (κ2) is 4.74. The van der Waals surface area contributed by atoms with Crippen LogP contribution in [0.3, 0.4) is 0 Å². The first-order valence-electron chi connectivity index (χ1n) is 4.26. The van der Waals surface area contributed by atoms with Gasteiger partial charge in [-0.15, -0.1) is 11.3 Å². The number of nitrogens with one attached hydrogen (secondary N) is 1. The molecule has 0 saturated carbocycles. The third-order valence-corrected chi connectivity index (χ3v) is 2.79. The van der Waals surface area contributed by atoms with Crippen LogP contribution in [0, 0.1) is 16.7 Å². The van der Waals surface area contributed by atoms with Gasteiger partial charge in [0.05, 0.1) is 17.7 Å². The maximum absolute atomic E-state index is 8.77. The molecule has 1 aromatic rings. The van der Waals surface area contributed by atoms with Gasteiger partial charge in [0.15, 0.2) is 0 Å². The van der Waals surface area contributed by atoms with E-state index in [1.165, 1.54) is 11.3 Å². The maximum atomic E-state index is 8.77. The molecule has 76 valence electrons. The highest BCUT2D eigenvalue weighted by Gasteiger charge is 2.15. The summed E-state index contributed by atoms with van der Waals surface area (Å²) in [6, 6.07) is 2.23. The lowest BCUT2D eigenvalue weighted by atomic mass is 9.96. The largest absolute Gasteiger partial charge is 0.309 e. The van der Waals surface area contributed by atoms with E-state index in [0.717, 1.165) is 5.01 Å². The highest BCUT2D eigenvalue weighted by atomic mass is 35.5. The molecular formula is C9H12ClN3S. The van der Waals surface area contributed by atoms with Crippen LogP contribution in [-0.2, 0) is 6.54 Å². The summed E-state index contributed by atoms with van der Waals surface area (Å²) >= 11 is 7.19. The van der Waals surface area contributed by atoms with Crippen molar-refractivity contribution in [2.24, 2.45) is 5.41 Å². The summed E-state index contributed by atoms with van der Waals surface area (Å²) in [6.07, 6.45) is 1.64. The Labute approximate surface area is 92.7 Å². The molecular weight excluding hydrogens is 218 g/mol. The smallest absolute Gasteiger partial charge is 0.113 e. The molecule has 14 heavy (non-hydrogen) atoms. The maximum Gasteiger partial charge on any atom is 0.113 e. The molecule has 0 amide bonds. The van der Waals surface area contributed by atoms with Gasteiger partial charge in [-0.1, -0.05) is 11.6 Å². The molecule has 0 fully saturated rings. The van der Waals surface area contributed by atoms with E-state index in [1.807, 2.05) is 13.8 Å². The van der Waals surface area contributed by atoms with Gasteiger partial charge in [0.25, 0.3) is 0 Å². The molecule has 3 nitrogen and oxygen atoms in total. The Balaban J connectivity index is 2.33. The van der Waals surface area contributed by atoms with Crippen molar-refractivity contribution < 1.29 is 0 Å². The number of hydrogen-bond donors (Lipinski definition) is 1. The fourth-order valence-corrected chi connectivity index (χ4v) is 1.82. The summed E-state index contributed by atoms with van der Waals surface area (Å²) in [5.74, 6) is 0. The van der Waals surface area contributed by atoms with Crippen LogP contribution in [-0.4, -0.2) is 11.5 Å². The Kier molecular flexibility index (Phi) is 3.87. The monoisotopic (exact) mass is 229 g/mol. The van der Waals surface area contributed by atoms with Crippen LogP contribution in [0.1, 0.15) is 18.9 Å². The van der Waals surface area contributed by atoms with Gasteiger partial charge in [0.2, 0.25) is 0 Å². The molecule has 0 aromatic carbocycles. The second-order valence-electron chi connectivity index (χ2n) is 3.66. The zero-order valence-corrected chi connectivity index (χ0v) is 9.74. The third-order valence-electron chi connectivity index (χ3n) is 1.67. The molecule has 0 bridgehead atoms. The van der Waals surface area contributed by atoms with Crippen LogP contribution >= 0.6 is 22.9 Å². The molecule has 1 aromatic heterocycles. The van der Waals surface area contributed by atoms with Crippen molar-refractivity contribution in [3.8, 4) is 6.07 Å². The first-order chi connectivity index (χ1) is 6.53. The predicted molar refractivity (Wildman–Crippen MR) is 58.2 cm³/mol. The first kappa shape index (κ1) is 11.4. The Morgan fingerprint density at radius 3 is 2.93 bits per heavy atom. The summed E-state index contributed by atoms with van der Waals surface area (Å²) in [5.41, 5.74) is -0.332. The first-order valence-corrected chi connectivity index (χ1v) is 5.45. The minimum absolute atomic E-state index is 0.332. The Bertz CT molecular complexity index is 340. The summed E-state index contributed by atoms with van der Waals surface area (Å²) < 4.78 is 0.696. The van der Waals surface area contributed by atoms with E-state index in [2.05, 4.69) is 16.4 Å². The molecule has 5 heteroatoms. The number of rotatable bonds is 4. The lowest BCUT2D eigenvalue weighted by Crippen LogP contribution is -2.27. The standard InChI is InChI=1S/C9H12ClN3S/c1-9(2,5-11)6-12-4-8-13-3-7(10)14-8/h3,12H,4,6H2,1-2H3. The van der Waals surface area contributed by atoms with Crippen molar-refractivity contribution >= 4 is 22.9 Å². The normalized spacial score (nSPS) is 11.3. The van der Waals surface area contributed by atoms with E-state index >= 15 is 0 Å². The molecule has 0 unspecified atom stereocenters. The third kappa shape index (κ3) is 3.62. The average molecular weight is 230 g/mol. The molecule has 0 saturated heterocycles. The molecule has 1 N–H and O–H groups in total.